The van der Waals surface area contributed by atoms with Crippen LogP contribution in [0.1, 0.15) is 64.5 Å². The van der Waals surface area contributed by atoms with E-state index in [9.17, 15) is 23.6 Å². The molecule has 0 aliphatic heterocycles. The maximum absolute atomic E-state index is 14.9. The second-order valence-corrected chi connectivity index (χ2v) is 13.7. The second-order valence-electron chi connectivity index (χ2n) is 12.5. The van der Waals surface area contributed by atoms with Crippen molar-refractivity contribution >= 4 is 51.1 Å². The molecule has 0 unspecified atom stereocenters. The molecule has 2 bridgehead atoms. The number of aromatic nitrogens is 3. The summed E-state index contributed by atoms with van der Waals surface area (Å²) in [4.78, 5) is 53.9. The van der Waals surface area contributed by atoms with Crippen molar-refractivity contribution in [1.29, 1.82) is 0 Å². The van der Waals surface area contributed by atoms with Crippen molar-refractivity contribution in [3.63, 3.8) is 0 Å². The van der Waals surface area contributed by atoms with E-state index < -0.39 is 45.4 Å². The maximum atomic E-state index is 14.9. The van der Waals surface area contributed by atoms with Gasteiger partial charge in [0.2, 0.25) is 0 Å². The summed E-state index contributed by atoms with van der Waals surface area (Å²) in [5.41, 5.74) is -2.52. The smallest absolute Gasteiger partial charge is 0.408 e. The monoisotopic (exact) mass is 663 g/mol. The van der Waals surface area contributed by atoms with Crippen molar-refractivity contribution < 1.29 is 13.9 Å². The van der Waals surface area contributed by atoms with Gasteiger partial charge in [-0.1, -0.05) is 0 Å². The number of halogens is 2. The third kappa shape index (κ3) is 4.08. The largest absolute Gasteiger partial charge is 0.444 e. The Morgan fingerprint density at radius 2 is 1.77 bits per heavy atom. The Hall–Kier alpha value is -3.16. The zero-order chi connectivity index (χ0) is 28.9. The predicted molar refractivity (Wildman–Crippen MR) is 157 cm³/mol. The van der Waals surface area contributed by atoms with E-state index in [0.29, 0.717) is 35.7 Å². The average Bonchev–Trinajstić information content (AvgIpc) is 3.62. The van der Waals surface area contributed by atoms with Crippen LogP contribution in [0.3, 0.4) is 0 Å². The van der Waals surface area contributed by atoms with Crippen LogP contribution < -0.4 is 27.4 Å². The number of carbonyl (C=O) groups excluding carboxylic acids is 1. The van der Waals surface area contributed by atoms with Crippen LogP contribution in [-0.2, 0) is 17.3 Å². The van der Waals surface area contributed by atoms with E-state index in [-0.39, 0.29) is 34.0 Å². The molecule has 12 heteroatoms. The molecule has 212 valence electrons. The highest BCUT2D eigenvalue weighted by molar-refractivity contribution is 14.1. The molecule has 2 N–H and O–H groups in total. The summed E-state index contributed by atoms with van der Waals surface area (Å²) in [6.07, 6.45) is 2.31. The predicted octanol–water partition coefficient (Wildman–Crippen LogP) is 4.15. The van der Waals surface area contributed by atoms with Gasteiger partial charge in [-0.15, -0.1) is 0 Å². The third-order valence-corrected chi connectivity index (χ3v) is 8.85. The second kappa shape index (κ2) is 8.67. The number of nitrogens with one attached hydrogen (secondary N) is 2. The molecule has 2 aromatic heterocycles. The first-order chi connectivity index (χ1) is 18.7. The molecule has 4 aliphatic rings. The molecule has 3 aromatic rings. The van der Waals surface area contributed by atoms with E-state index in [2.05, 4.69) is 10.6 Å². The molecule has 0 radical (unpaired) electrons. The zero-order valence-corrected chi connectivity index (χ0v) is 25.1. The molecule has 1 aromatic carbocycles. The van der Waals surface area contributed by atoms with Crippen LogP contribution in [0, 0.1) is 16.3 Å². The van der Waals surface area contributed by atoms with Crippen LogP contribution >= 0.6 is 22.6 Å². The van der Waals surface area contributed by atoms with E-state index in [4.69, 9.17) is 4.74 Å². The lowest BCUT2D eigenvalue weighted by atomic mass is 9.44. The molecule has 10 nitrogen and oxygen atoms in total. The molecule has 4 aliphatic carbocycles. The van der Waals surface area contributed by atoms with Gasteiger partial charge in [0.15, 0.2) is 0 Å². The summed E-state index contributed by atoms with van der Waals surface area (Å²) in [5, 5.41) is 6.12. The minimum atomic E-state index is -0.656. The first kappa shape index (κ1) is 27.0. The molecular weight excluding hydrogens is 632 g/mol. The number of aryl methyl sites for hydroxylation is 1. The van der Waals surface area contributed by atoms with Gasteiger partial charge in [0.25, 0.3) is 11.1 Å². The van der Waals surface area contributed by atoms with Gasteiger partial charge in [-0.05, 0) is 101 Å². The highest BCUT2D eigenvalue weighted by Gasteiger charge is 2.71. The number of anilines is 2. The van der Waals surface area contributed by atoms with Gasteiger partial charge in [0, 0.05) is 22.2 Å². The maximum Gasteiger partial charge on any atom is 0.408 e. The number of pyridine rings is 1. The Labute approximate surface area is 242 Å². The van der Waals surface area contributed by atoms with Crippen molar-refractivity contribution in [1.82, 2.24) is 19.0 Å². The number of amides is 1. The lowest BCUT2D eigenvalue weighted by Gasteiger charge is -2.70. The highest BCUT2D eigenvalue weighted by atomic mass is 127. The Kier molecular flexibility index (Phi) is 5.86. The fourth-order valence-electron chi connectivity index (χ4n) is 6.40. The lowest BCUT2D eigenvalue weighted by Crippen LogP contribution is -2.80. The number of alkyl carbamates (subject to hydrolysis) is 1. The van der Waals surface area contributed by atoms with Gasteiger partial charge >= 0.3 is 11.8 Å². The number of hydrogen-bond acceptors (Lipinski definition) is 6. The average molecular weight is 663 g/mol. The number of ether oxygens (including phenoxy) is 1. The van der Waals surface area contributed by atoms with Crippen molar-refractivity contribution in [2.24, 2.45) is 7.05 Å². The van der Waals surface area contributed by atoms with Crippen LogP contribution in [0.2, 0.25) is 0 Å². The molecule has 40 heavy (non-hydrogen) atoms. The Balaban J connectivity index is 1.52. The van der Waals surface area contributed by atoms with Crippen molar-refractivity contribution in [2.45, 2.75) is 82.5 Å². The van der Waals surface area contributed by atoms with E-state index in [1.165, 1.54) is 22.2 Å². The van der Waals surface area contributed by atoms with Crippen molar-refractivity contribution in [3.05, 3.63) is 64.3 Å². The molecule has 0 saturated heterocycles. The Morgan fingerprint density at radius 3 is 2.35 bits per heavy atom. The quantitative estimate of drug-likeness (QED) is 0.397. The first-order valence-corrected chi connectivity index (χ1v) is 14.4. The van der Waals surface area contributed by atoms with Gasteiger partial charge in [0.05, 0.1) is 22.3 Å². The normalized spacial score (nSPS) is 23.4. The number of hydrogen-bond donors (Lipinski definition) is 2. The van der Waals surface area contributed by atoms with Gasteiger partial charge < -0.3 is 15.4 Å². The molecule has 0 spiro atoms. The third-order valence-electron chi connectivity index (χ3n) is 8.18. The van der Waals surface area contributed by atoms with Crippen molar-refractivity contribution in [2.75, 3.05) is 5.32 Å². The van der Waals surface area contributed by atoms with Gasteiger partial charge in [-0.3, -0.25) is 23.3 Å². The number of carbonyl (C=O) groups is 1. The number of fused-ring (bicyclic) bond motifs is 1. The molecular formula is C28H31FIN5O5. The minimum absolute atomic E-state index is 0.113. The standard InChI is InChI=1S/C28H31FIN5O5/c1-14-20-19(21(33(5)22(14)36)31-18-9-6-15(30)10-17(18)29)23(37)34(16-7-8-16)25(39)35(20)28-11-27(12-28,13-28)32-24(38)40-26(2,3)4/h6,9-10,16,31H,7-8,11-13H2,1-5H3,(H,32,38). The fraction of sp³-hybridized carbons (Fsp3) is 0.500. The van der Waals surface area contributed by atoms with Gasteiger partial charge in [-0.2, -0.15) is 0 Å². The Bertz CT molecular complexity index is 1780. The molecule has 1 amide bonds. The topological polar surface area (TPSA) is 116 Å². The molecule has 2 heterocycles. The summed E-state index contributed by atoms with van der Waals surface area (Å²) < 4.78 is 25.2. The van der Waals surface area contributed by atoms with Crippen LogP contribution in [0.15, 0.2) is 32.6 Å². The molecule has 4 saturated carbocycles. The highest BCUT2D eigenvalue weighted by Crippen LogP contribution is 2.65. The van der Waals surface area contributed by atoms with Crippen molar-refractivity contribution in [3.8, 4) is 0 Å². The summed E-state index contributed by atoms with van der Waals surface area (Å²) in [6, 6.07) is 4.40. The van der Waals surface area contributed by atoms with Crippen LogP contribution in [0.25, 0.3) is 10.9 Å². The fourth-order valence-corrected chi connectivity index (χ4v) is 6.85. The molecule has 0 atom stereocenters. The summed E-state index contributed by atoms with van der Waals surface area (Å²) in [6.45, 7) is 6.98. The number of rotatable bonds is 5. The SMILES string of the molecule is Cc1c(=O)n(C)c(Nc2ccc(I)cc2F)c2c(=O)n(C3CC3)c(=O)n(C34CC(NC(=O)OC(C)(C)C)(C3)C4)c12. The number of benzene rings is 1. The summed E-state index contributed by atoms with van der Waals surface area (Å²) in [7, 11) is 1.53. The van der Waals surface area contributed by atoms with Gasteiger partial charge in [0.1, 0.15) is 22.6 Å². The van der Waals surface area contributed by atoms with Crippen LogP contribution in [0.5, 0.6) is 0 Å². The molecule has 4 fully saturated rings. The van der Waals surface area contributed by atoms with E-state index in [1.54, 1.807) is 44.4 Å². The minimum Gasteiger partial charge on any atom is -0.444 e. The van der Waals surface area contributed by atoms with E-state index in [0.717, 1.165) is 0 Å². The first-order valence-electron chi connectivity index (χ1n) is 13.3. The number of nitrogens with zero attached hydrogens (tertiary/aromatic N) is 3. The van der Waals surface area contributed by atoms with Gasteiger partial charge in [-0.25, -0.2) is 14.0 Å². The summed E-state index contributed by atoms with van der Waals surface area (Å²) >= 11 is 2.00. The van der Waals surface area contributed by atoms with E-state index >= 15 is 0 Å². The molecule has 7 rings (SSSR count). The lowest BCUT2D eigenvalue weighted by molar-refractivity contribution is -0.136. The summed E-state index contributed by atoms with van der Waals surface area (Å²) in [5.74, 6) is -0.398. The zero-order valence-electron chi connectivity index (χ0n) is 23.0. The Morgan fingerprint density at radius 1 is 1.12 bits per heavy atom. The van der Waals surface area contributed by atoms with Crippen LogP contribution in [-0.4, -0.2) is 30.9 Å². The van der Waals surface area contributed by atoms with E-state index in [1.807, 2.05) is 22.6 Å². The van der Waals surface area contributed by atoms with Crippen LogP contribution in [0.4, 0.5) is 20.7 Å².